The van der Waals surface area contributed by atoms with Crippen LogP contribution in [0.25, 0.3) is 0 Å². The van der Waals surface area contributed by atoms with Gasteiger partial charge in [-0.15, -0.1) is 0 Å². The number of hydrogen-bond donors (Lipinski definition) is 1. The number of nitrogens with zero attached hydrogens (tertiary/aromatic N) is 2. The van der Waals surface area contributed by atoms with Crippen LogP contribution in [0.4, 0.5) is 13.2 Å². The number of amides is 1. The molecule has 0 aliphatic heterocycles. The molecule has 7 heteroatoms. The number of nitrogens with one attached hydrogen (secondary N) is 1. The fraction of sp³-hybridized carbons (Fsp3) is 0.500. The van der Waals surface area contributed by atoms with Gasteiger partial charge in [0.05, 0.1) is 11.7 Å². The van der Waals surface area contributed by atoms with Crippen molar-refractivity contribution in [3.05, 3.63) is 52.8 Å². The zero-order chi connectivity index (χ0) is 20.2. The van der Waals surface area contributed by atoms with Gasteiger partial charge in [-0.3, -0.25) is 9.48 Å². The highest BCUT2D eigenvalue weighted by Crippen LogP contribution is 2.29. The summed E-state index contributed by atoms with van der Waals surface area (Å²) in [5.74, 6) is -0.0426. The zero-order valence-corrected chi connectivity index (χ0v) is 16.1. The summed E-state index contributed by atoms with van der Waals surface area (Å²) in [6.07, 6.45) is -2.87. The summed E-state index contributed by atoms with van der Waals surface area (Å²) in [7, 11) is 0. The Labute approximate surface area is 157 Å². The van der Waals surface area contributed by atoms with Crippen molar-refractivity contribution >= 4 is 5.91 Å². The first-order valence-corrected chi connectivity index (χ1v) is 9.16. The molecule has 2 unspecified atom stereocenters. The molecule has 0 radical (unpaired) electrons. The van der Waals surface area contributed by atoms with E-state index in [4.69, 9.17) is 0 Å². The molecule has 0 saturated carbocycles. The molecule has 1 heterocycles. The third-order valence-electron chi connectivity index (χ3n) is 4.75. The minimum Gasteiger partial charge on any atom is -0.348 e. The number of aryl methyl sites for hydroxylation is 1. The molecule has 4 nitrogen and oxygen atoms in total. The Morgan fingerprint density at radius 3 is 2.26 bits per heavy atom. The molecule has 0 fully saturated rings. The van der Waals surface area contributed by atoms with Gasteiger partial charge < -0.3 is 5.32 Å². The number of aromatic nitrogens is 2. The number of carbonyl (C=O) groups excluding carboxylic acids is 1. The largest absolute Gasteiger partial charge is 0.433 e. The molecule has 2 atom stereocenters. The monoisotopic (exact) mass is 381 g/mol. The Hall–Kier alpha value is -2.31. The molecular formula is C20H26F3N3O. The molecule has 2 rings (SSSR count). The maximum absolute atomic E-state index is 13.0. The van der Waals surface area contributed by atoms with Crippen LogP contribution in [0.5, 0.6) is 0 Å². The lowest BCUT2D eigenvalue weighted by atomic mass is 9.95. The molecule has 0 bridgehead atoms. The second-order valence-corrected chi connectivity index (χ2v) is 6.83. The van der Waals surface area contributed by atoms with Crippen LogP contribution in [0, 0.1) is 6.92 Å². The highest BCUT2D eigenvalue weighted by Gasteiger charge is 2.35. The fourth-order valence-corrected chi connectivity index (χ4v) is 2.98. The van der Waals surface area contributed by atoms with E-state index in [0.717, 1.165) is 18.1 Å². The maximum Gasteiger partial charge on any atom is 0.433 e. The van der Waals surface area contributed by atoms with Gasteiger partial charge in [-0.25, -0.2) is 0 Å². The quantitative estimate of drug-likeness (QED) is 0.734. The van der Waals surface area contributed by atoms with Crippen molar-refractivity contribution in [3.63, 3.8) is 0 Å². The number of carbonyl (C=O) groups is 1. The Morgan fingerprint density at radius 2 is 1.74 bits per heavy atom. The van der Waals surface area contributed by atoms with E-state index in [1.54, 1.807) is 0 Å². The van der Waals surface area contributed by atoms with Gasteiger partial charge in [-0.1, -0.05) is 45.0 Å². The van der Waals surface area contributed by atoms with Crippen LogP contribution in [0.15, 0.2) is 30.3 Å². The normalized spacial score (nSPS) is 14.0. The van der Waals surface area contributed by atoms with E-state index in [1.807, 2.05) is 31.2 Å². The van der Waals surface area contributed by atoms with Gasteiger partial charge in [-0.2, -0.15) is 18.3 Å². The highest BCUT2D eigenvalue weighted by atomic mass is 19.4. The minimum atomic E-state index is -4.54. The summed E-state index contributed by atoms with van der Waals surface area (Å²) in [6, 6.07) is 8.70. The lowest BCUT2D eigenvalue weighted by Gasteiger charge is -2.19. The first kappa shape index (κ1) is 21.0. The molecule has 1 aromatic carbocycles. The van der Waals surface area contributed by atoms with E-state index in [1.165, 1.54) is 12.5 Å². The maximum atomic E-state index is 13.0. The van der Waals surface area contributed by atoms with Crippen LogP contribution >= 0.6 is 0 Å². The van der Waals surface area contributed by atoms with Crippen LogP contribution in [0.2, 0.25) is 0 Å². The van der Waals surface area contributed by atoms with Crippen molar-refractivity contribution in [1.29, 1.82) is 0 Å². The summed E-state index contributed by atoms with van der Waals surface area (Å²) < 4.78 is 39.8. The van der Waals surface area contributed by atoms with Crippen molar-refractivity contribution in [3.8, 4) is 0 Å². The van der Waals surface area contributed by atoms with Gasteiger partial charge in [0.25, 0.3) is 0 Å². The average molecular weight is 381 g/mol. The van der Waals surface area contributed by atoms with Crippen LogP contribution in [0.3, 0.4) is 0 Å². The Balaban J connectivity index is 2.10. The van der Waals surface area contributed by atoms with Crippen molar-refractivity contribution < 1.29 is 18.0 Å². The summed E-state index contributed by atoms with van der Waals surface area (Å²) in [6.45, 7) is 7.20. The fourth-order valence-electron chi connectivity index (χ4n) is 2.98. The zero-order valence-electron chi connectivity index (χ0n) is 16.1. The SMILES string of the molecule is CCC(C)c1ccc(C(CC)NC(=O)Cn2nc(C)cc2C(F)(F)F)cc1. The topological polar surface area (TPSA) is 46.9 Å². The molecule has 0 spiro atoms. The number of benzene rings is 1. The van der Waals surface area contributed by atoms with Crippen molar-refractivity contribution in [2.24, 2.45) is 0 Å². The second kappa shape index (κ2) is 8.59. The van der Waals surface area contributed by atoms with Gasteiger partial charge >= 0.3 is 6.18 Å². The number of halogens is 3. The van der Waals surface area contributed by atoms with Crippen LogP contribution in [-0.2, 0) is 17.5 Å². The van der Waals surface area contributed by atoms with Gasteiger partial charge in [0.2, 0.25) is 5.91 Å². The molecule has 2 aromatic rings. The molecule has 0 aliphatic rings. The van der Waals surface area contributed by atoms with Gasteiger partial charge in [0, 0.05) is 0 Å². The van der Waals surface area contributed by atoms with E-state index in [0.29, 0.717) is 17.0 Å². The van der Waals surface area contributed by atoms with Crippen molar-refractivity contribution in [2.45, 2.75) is 65.2 Å². The van der Waals surface area contributed by atoms with E-state index < -0.39 is 24.3 Å². The van der Waals surface area contributed by atoms with Gasteiger partial charge in [0.15, 0.2) is 0 Å². The third-order valence-corrected chi connectivity index (χ3v) is 4.75. The molecule has 27 heavy (non-hydrogen) atoms. The number of alkyl halides is 3. The molecule has 0 saturated heterocycles. The average Bonchev–Trinajstić information content (AvgIpc) is 2.99. The van der Waals surface area contributed by atoms with E-state index >= 15 is 0 Å². The molecule has 1 N–H and O–H groups in total. The van der Waals surface area contributed by atoms with Crippen molar-refractivity contribution in [1.82, 2.24) is 15.1 Å². The van der Waals surface area contributed by atoms with Gasteiger partial charge in [0.1, 0.15) is 12.2 Å². The van der Waals surface area contributed by atoms with Crippen LogP contribution in [0.1, 0.15) is 68.1 Å². The third kappa shape index (κ3) is 5.34. The molecular weight excluding hydrogens is 355 g/mol. The number of rotatable bonds is 7. The lowest BCUT2D eigenvalue weighted by Crippen LogP contribution is -2.32. The van der Waals surface area contributed by atoms with E-state index in [9.17, 15) is 18.0 Å². The smallest absolute Gasteiger partial charge is 0.348 e. The van der Waals surface area contributed by atoms with Gasteiger partial charge in [-0.05, 0) is 42.9 Å². The molecule has 1 amide bonds. The second-order valence-electron chi connectivity index (χ2n) is 6.83. The minimum absolute atomic E-state index is 0.225. The Morgan fingerprint density at radius 1 is 1.15 bits per heavy atom. The molecule has 1 aromatic heterocycles. The first-order valence-electron chi connectivity index (χ1n) is 9.16. The summed E-state index contributed by atoms with van der Waals surface area (Å²) in [5.41, 5.74) is 1.47. The van der Waals surface area contributed by atoms with Crippen molar-refractivity contribution in [2.75, 3.05) is 0 Å². The van der Waals surface area contributed by atoms with E-state index in [2.05, 4.69) is 24.3 Å². The molecule has 148 valence electrons. The predicted octanol–water partition coefficient (Wildman–Crippen LogP) is 4.99. The summed E-state index contributed by atoms with van der Waals surface area (Å²) in [5, 5.41) is 6.61. The summed E-state index contributed by atoms with van der Waals surface area (Å²) in [4.78, 5) is 12.3. The molecule has 0 aliphatic carbocycles. The Bertz CT molecular complexity index is 766. The number of hydrogen-bond acceptors (Lipinski definition) is 2. The van der Waals surface area contributed by atoms with E-state index in [-0.39, 0.29) is 11.7 Å². The highest BCUT2D eigenvalue weighted by molar-refractivity contribution is 5.76. The standard InChI is InChI=1S/C20H26F3N3O/c1-5-13(3)15-7-9-16(10-8-15)17(6-2)24-19(27)12-26-18(20(21,22)23)11-14(4)25-26/h7-11,13,17H,5-6,12H2,1-4H3,(H,24,27). The lowest BCUT2D eigenvalue weighted by molar-refractivity contribution is -0.144. The van der Waals surface area contributed by atoms with Crippen LogP contribution < -0.4 is 5.32 Å². The first-order chi connectivity index (χ1) is 12.7. The summed E-state index contributed by atoms with van der Waals surface area (Å²) >= 11 is 0. The Kier molecular flexibility index (Phi) is 6.68. The van der Waals surface area contributed by atoms with Crippen LogP contribution in [-0.4, -0.2) is 15.7 Å². The predicted molar refractivity (Wildman–Crippen MR) is 98.3 cm³/mol.